The molecule has 0 fully saturated rings. The molecule has 1 aromatic rings. The Bertz CT molecular complexity index is 359. The van der Waals surface area contributed by atoms with Crippen LogP contribution in [0.2, 0.25) is 0 Å². The molecule has 14 heavy (non-hydrogen) atoms. The molecule has 2 heteroatoms. The molecule has 0 saturated carbocycles. The summed E-state index contributed by atoms with van der Waals surface area (Å²) in [6.45, 7) is 4.60. The summed E-state index contributed by atoms with van der Waals surface area (Å²) in [4.78, 5) is 0. The summed E-state index contributed by atoms with van der Waals surface area (Å²) < 4.78 is 0. The molecule has 1 aromatic carbocycles. The zero-order chi connectivity index (χ0) is 10.4. The van der Waals surface area contributed by atoms with E-state index >= 15 is 0 Å². The fraction of sp³-hybridized carbons (Fsp3) is 0.500. The minimum Gasteiger partial charge on any atom is -0.384 e. The molecule has 1 aliphatic carbocycles. The molecule has 2 rings (SSSR count). The predicted octanol–water partition coefficient (Wildman–Crippen LogP) is 1.51. The van der Waals surface area contributed by atoms with Crippen molar-refractivity contribution in [2.45, 2.75) is 31.3 Å². The van der Waals surface area contributed by atoms with Gasteiger partial charge < -0.3 is 10.8 Å². The first-order chi connectivity index (χ1) is 6.49. The van der Waals surface area contributed by atoms with Crippen LogP contribution in [-0.2, 0) is 11.0 Å². The molecular weight excluding hydrogens is 174 g/mol. The first-order valence-corrected chi connectivity index (χ1v) is 5.02. The molecule has 0 aliphatic heterocycles. The molecule has 76 valence electrons. The molecule has 1 atom stereocenters. The van der Waals surface area contributed by atoms with Crippen molar-refractivity contribution in [3.8, 4) is 0 Å². The summed E-state index contributed by atoms with van der Waals surface area (Å²) in [5.74, 6) is 0. The molecule has 3 N–H and O–H groups in total. The second-order valence-electron chi connectivity index (χ2n) is 4.84. The van der Waals surface area contributed by atoms with Gasteiger partial charge in [0.15, 0.2) is 0 Å². The molecule has 2 nitrogen and oxygen atoms in total. The van der Waals surface area contributed by atoms with Crippen molar-refractivity contribution >= 4 is 0 Å². The minimum atomic E-state index is -0.819. The highest BCUT2D eigenvalue weighted by Crippen LogP contribution is 2.47. The number of aliphatic hydroxyl groups is 1. The lowest BCUT2D eigenvalue weighted by molar-refractivity contribution is 0.0348. The van der Waals surface area contributed by atoms with Crippen LogP contribution in [0.4, 0.5) is 0 Å². The third-order valence-electron chi connectivity index (χ3n) is 3.23. The maximum atomic E-state index is 10.4. The number of benzene rings is 1. The number of hydrogen-bond acceptors (Lipinski definition) is 2. The lowest BCUT2D eigenvalue weighted by Gasteiger charge is -2.24. The van der Waals surface area contributed by atoms with E-state index in [9.17, 15) is 5.11 Å². The molecule has 0 unspecified atom stereocenters. The predicted molar refractivity (Wildman–Crippen MR) is 57.0 cm³/mol. The maximum Gasteiger partial charge on any atom is 0.103 e. The highest BCUT2D eigenvalue weighted by Gasteiger charge is 2.45. The molecule has 0 heterocycles. The van der Waals surface area contributed by atoms with Gasteiger partial charge in [0.05, 0.1) is 0 Å². The third kappa shape index (κ3) is 1.18. The van der Waals surface area contributed by atoms with E-state index in [-0.39, 0.29) is 5.41 Å². The normalized spacial score (nSPS) is 28.9. The van der Waals surface area contributed by atoms with Gasteiger partial charge in [0.1, 0.15) is 5.60 Å². The van der Waals surface area contributed by atoms with E-state index < -0.39 is 5.60 Å². The van der Waals surface area contributed by atoms with Crippen molar-refractivity contribution in [2.24, 2.45) is 5.73 Å². The lowest BCUT2D eigenvalue weighted by Crippen LogP contribution is -2.33. The number of rotatable bonds is 1. The van der Waals surface area contributed by atoms with E-state index in [1.54, 1.807) is 0 Å². The summed E-state index contributed by atoms with van der Waals surface area (Å²) in [6.07, 6.45) is 0.718. The van der Waals surface area contributed by atoms with Crippen molar-refractivity contribution in [3.05, 3.63) is 35.4 Å². The van der Waals surface area contributed by atoms with Gasteiger partial charge in [-0.25, -0.2) is 0 Å². The van der Waals surface area contributed by atoms with Gasteiger partial charge in [-0.3, -0.25) is 0 Å². The van der Waals surface area contributed by atoms with Gasteiger partial charge in [0, 0.05) is 6.54 Å². The molecule has 0 bridgehead atoms. The van der Waals surface area contributed by atoms with Gasteiger partial charge in [0.25, 0.3) is 0 Å². The van der Waals surface area contributed by atoms with Gasteiger partial charge in [-0.15, -0.1) is 0 Å². The van der Waals surface area contributed by atoms with Crippen LogP contribution in [0.25, 0.3) is 0 Å². The van der Waals surface area contributed by atoms with Crippen LogP contribution in [-0.4, -0.2) is 11.7 Å². The Hall–Kier alpha value is -0.860. The molecule has 0 aromatic heterocycles. The summed E-state index contributed by atoms with van der Waals surface area (Å²) in [5, 5.41) is 10.4. The standard InChI is InChI=1S/C12H17NO/c1-11(2)7-12(14,8-13)10-6-4-3-5-9(10)11/h3-6,14H,7-8,13H2,1-2H3/t12-/m0/s1. The van der Waals surface area contributed by atoms with Gasteiger partial charge in [-0.05, 0) is 23.0 Å². The van der Waals surface area contributed by atoms with E-state index in [0.717, 1.165) is 12.0 Å². The summed E-state index contributed by atoms with van der Waals surface area (Å²) in [5.41, 5.74) is 7.10. The molecule has 0 spiro atoms. The number of nitrogens with two attached hydrogens (primary N) is 1. The first-order valence-electron chi connectivity index (χ1n) is 5.02. The highest BCUT2D eigenvalue weighted by molar-refractivity contribution is 5.43. The van der Waals surface area contributed by atoms with Crippen LogP contribution in [0.3, 0.4) is 0 Å². The fourth-order valence-electron chi connectivity index (χ4n) is 2.58. The van der Waals surface area contributed by atoms with Crippen LogP contribution < -0.4 is 5.73 Å². The average molecular weight is 191 g/mol. The van der Waals surface area contributed by atoms with E-state index in [4.69, 9.17) is 5.73 Å². The molecule has 0 saturated heterocycles. The monoisotopic (exact) mass is 191 g/mol. The number of fused-ring (bicyclic) bond motifs is 1. The van der Waals surface area contributed by atoms with Crippen molar-refractivity contribution in [3.63, 3.8) is 0 Å². The summed E-state index contributed by atoms with van der Waals surface area (Å²) in [7, 11) is 0. The largest absolute Gasteiger partial charge is 0.384 e. The van der Waals surface area contributed by atoms with Crippen LogP contribution in [0.1, 0.15) is 31.4 Å². The topological polar surface area (TPSA) is 46.2 Å². The Balaban J connectivity index is 2.60. The Morgan fingerprint density at radius 3 is 2.43 bits per heavy atom. The Labute approximate surface area is 84.7 Å². The number of hydrogen-bond donors (Lipinski definition) is 2. The zero-order valence-corrected chi connectivity index (χ0v) is 8.75. The SMILES string of the molecule is CC1(C)C[C@](O)(CN)c2ccccc21. The first kappa shape index (κ1) is 9.69. The van der Waals surface area contributed by atoms with Crippen molar-refractivity contribution in [1.29, 1.82) is 0 Å². The van der Waals surface area contributed by atoms with Crippen LogP contribution in [0.5, 0.6) is 0 Å². The van der Waals surface area contributed by atoms with Crippen molar-refractivity contribution < 1.29 is 5.11 Å². The van der Waals surface area contributed by atoms with Crippen LogP contribution in [0.15, 0.2) is 24.3 Å². The van der Waals surface area contributed by atoms with E-state index in [1.165, 1.54) is 5.56 Å². The van der Waals surface area contributed by atoms with Crippen molar-refractivity contribution in [1.82, 2.24) is 0 Å². The third-order valence-corrected chi connectivity index (χ3v) is 3.23. The lowest BCUT2D eigenvalue weighted by atomic mass is 9.85. The van der Waals surface area contributed by atoms with Gasteiger partial charge in [-0.2, -0.15) is 0 Å². The van der Waals surface area contributed by atoms with Crippen molar-refractivity contribution in [2.75, 3.05) is 6.54 Å². The Morgan fingerprint density at radius 2 is 1.86 bits per heavy atom. The van der Waals surface area contributed by atoms with Gasteiger partial charge in [-0.1, -0.05) is 38.1 Å². The van der Waals surface area contributed by atoms with Crippen LogP contribution >= 0.6 is 0 Å². The highest BCUT2D eigenvalue weighted by atomic mass is 16.3. The smallest absolute Gasteiger partial charge is 0.103 e. The van der Waals surface area contributed by atoms with E-state index in [1.807, 2.05) is 18.2 Å². The Morgan fingerprint density at radius 1 is 1.29 bits per heavy atom. The maximum absolute atomic E-state index is 10.4. The van der Waals surface area contributed by atoms with Gasteiger partial charge in [0.2, 0.25) is 0 Å². The molecule has 0 amide bonds. The van der Waals surface area contributed by atoms with E-state index in [2.05, 4.69) is 19.9 Å². The molecular formula is C12H17NO. The second-order valence-corrected chi connectivity index (χ2v) is 4.84. The fourth-order valence-corrected chi connectivity index (χ4v) is 2.58. The van der Waals surface area contributed by atoms with Gasteiger partial charge >= 0.3 is 0 Å². The molecule has 1 aliphatic rings. The summed E-state index contributed by atoms with van der Waals surface area (Å²) in [6, 6.07) is 8.05. The average Bonchev–Trinajstić information content (AvgIpc) is 2.37. The molecule has 0 radical (unpaired) electrons. The zero-order valence-electron chi connectivity index (χ0n) is 8.75. The second kappa shape index (κ2) is 2.81. The Kier molecular flexibility index (Phi) is 1.95. The van der Waals surface area contributed by atoms with Crippen LogP contribution in [0, 0.1) is 0 Å². The quantitative estimate of drug-likeness (QED) is 0.707. The minimum absolute atomic E-state index is 0.0325. The van der Waals surface area contributed by atoms with E-state index in [0.29, 0.717) is 6.54 Å². The summed E-state index contributed by atoms with van der Waals surface area (Å²) >= 11 is 0.